The normalized spacial score (nSPS) is 18.2. The molecule has 1 saturated heterocycles. The van der Waals surface area contributed by atoms with E-state index in [4.69, 9.17) is 4.74 Å². The molecular formula is C15H17N3O2S. The van der Waals surface area contributed by atoms with E-state index in [1.165, 1.54) is 11.5 Å². The van der Waals surface area contributed by atoms with Crippen LogP contribution in [0.2, 0.25) is 0 Å². The number of rotatable bonds is 3. The topological polar surface area (TPSA) is 63.2 Å². The summed E-state index contributed by atoms with van der Waals surface area (Å²) in [5, 5.41) is 6.49. The third kappa shape index (κ3) is 3.80. The quantitative estimate of drug-likeness (QED) is 0.915. The van der Waals surface area contributed by atoms with Crippen LogP contribution < -0.4 is 10.6 Å². The average molecular weight is 303 g/mol. The number of carbonyl (C=O) groups is 1. The lowest BCUT2D eigenvalue weighted by Crippen LogP contribution is -2.42. The van der Waals surface area contributed by atoms with Gasteiger partial charge in [-0.2, -0.15) is 4.37 Å². The van der Waals surface area contributed by atoms with Crippen molar-refractivity contribution in [3.05, 3.63) is 36.4 Å². The molecule has 1 aliphatic heterocycles. The second-order valence-electron chi connectivity index (χ2n) is 4.95. The number of aromatic nitrogens is 1. The predicted molar refractivity (Wildman–Crippen MR) is 83.5 cm³/mol. The Balaban J connectivity index is 1.58. The van der Waals surface area contributed by atoms with Crippen LogP contribution in [0, 0.1) is 0 Å². The van der Waals surface area contributed by atoms with Gasteiger partial charge in [0.1, 0.15) is 5.00 Å². The van der Waals surface area contributed by atoms with E-state index in [1.54, 1.807) is 0 Å². The Morgan fingerprint density at radius 1 is 1.33 bits per heavy atom. The summed E-state index contributed by atoms with van der Waals surface area (Å²) in [7, 11) is 0. The van der Waals surface area contributed by atoms with E-state index in [2.05, 4.69) is 15.0 Å². The third-order valence-electron chi connectivity index (χ3n) is 3.31. The van der Waals surface area contributed by atoms with Gasteiger partial charge in [0.05, 0.1) is 18.3 Å². The monoisotopic (exact) mass is 303 g/mol. The van der Waals surface area contributed by atoms with E-state index in [0.29, 0.717) is 6.61 Å². The molecule has 1 aliphatic rings. The highest BCUT2D eigenvalue weighted by Crippen LogP contribution is 2.25. The average Bonchev–Trinajstić information content (AvgIpc) is 2.97. The van der Waals surface area contributed by atoms with Crippen LogP contribution in [-0.2, 0) is 4.74 Å². The molecule has 21 heavy (non-hydrogen) atoms. The number of nitrogens with one attached hydrogen (secondary N) is 2. The summed E-state index contributed by atoms with van der Waals surface area (Å²) in [4.78, 5) is 11.9. The lowest BCUT2D eigenvalue weighted by Gasteiger charge is -2.22. The highest BCUT2D eigenvalue weighted by molar-refractivity contribution is 7.10. The first-order valence-electron chi connectivity index (χ1n) is 6.98. The van der Waals surface area contributed by atoms with Gasteiger partial charge in [-0.25, -0.2) is 4.79 Å². The van der Waals surface area contributed by atoms with Crippen molar-refractivity contribution in [2.45, 2.75) is 18.9 Å². The number of nitrogens with zero attached hydrogens (tertiary/aromatic N) is 1. The summed E-state index contributed by atoms with van der Waals surface area (Å²) >= 11 is 1.28. The maximum absolute atomic E-state index is 11.9. The minimum Gasteiger partial charge on any atom is -0.379 e. The van der Waals surface area contributed by atoms with Gasteiger partial charge in [-0.15, -0.1) is 0 Å². The van der Waals surface area contributed by atoms with Crippen molar-refractivity contribution in [3.63, 3.8) is 0 Å². The van der Waals surface area contributed by atoms with Crippen molar-refractivity contribution < 1.29 is 9.53 Å². The van der Waals surface area contributed by atoms with Crippen molar-refractivity contribution in [2.75, 3.05) is 18.5 Å². The van der Waals surface area contributed by atoms with Crippen molar-refractivity contribution in [1.82, 2.24) is 9.69 Å². The lowest BCUT2D eigenvalue weighted by molar-refractivity contribution is 0.0739. The molecule has 1 aromatic carbocycles. The fraction of sp³-hybridized carbons (Fsp3) is 0.333. The van der Waals surface area contributed by atoms with Crippen molar-refractivity contribution in [3.8, 4) is 11.3 Å². The molecule has 1 aromatic heterocycles. The highest BCUT2D eigenvalue weighted by Gasteiger charge is 2.16. The highest BCUT2D eigenvalue weighted by atomic mass is 32.1. The number of urea groups is 1. The van der Waals surface area contributed by atoms with Gasteiger partial charge in [-0.05, 0) is 24.4 Å². The number of hydrogen-bond acceptors (Lipinski definition) is 4. The molecule has 2 amide bonds. The molecule has 2 heterocycles. The molecule has 1 fully saturated rings. The Morgan fingerprint density at radius 3 is 2.95 bits per heavy atom. The van der Waals surface area contributed by atoms with Gasteiger partial charge in [0.2, 0.25) is 0 Å². The third-order valence-corrected chi connectivity index (χ3v) is 4.02. The zero-order valence-electron chi connectivity index (χ0n) is 11.5. The largest absolute Gasteiger partial charge is 0.379 e. The van der Waals surface area contributed by atoms with Gasteiger partial charge in [0, 0.05) is 18.2 Å². The van der Waals surface area contributed by atoms with Gasteiger partial charge in [0.15, 0.2) is 0 Å². The summed E-state index contributed by atoms with van der Waals surface area (Å²) < 4.78 is 9.70. The molecule has 1 atom stereocenters. The van der Waals surface area contributed by atoms with E-state index in [0.717, 1.165) is 35.7 Å². The Bertz CT molecular complexity index is 594. The molecule has 0 spiro atoms. The van der Waals surface area contributed by atoms with Crippen LogP contribution in [0.5, 0.6) is 0 Å². The number of hydrogen-bond donors (Lipinski definition) is 2. The van der Waals surface area contributed by atoms with Crippen molar-refractivity contribution in [1.29, 1.82) is 0 Å². The molecule has 110 valence electrons. The second kappa shape index (κ2) is 6.69. The first-order chi connectivity index (χ1) is 10.3. The zero-order valence-corrected chi connectivity index (χ0v) is 12.4. The Hall–Kier alpha value is -1.92. The molecule has 0 aliphatic carbocycles. The molecule has 1 unspecified atom stereocenters. The van der Waals surface area contributed by atoms with Crippen LogP contribution >= 0.6 is 11.5 Å². The van der Waals surface area contributed by atoms with E-state index >= 15 is 0 Å². The van der Waals surface area contributed by atoms with Crippen molar-refractivity contribution in [2.24, 2.45) is 0 Å². The predicted octanol–water partition coefficient (Wildman–Crippen LogP) is 3.11. The molecule has 3 rings (SSSR count). The zero-order chi connectivity index (χ0) is 14.5. The van der Waals surface area contributed by atoms with Crippen LogP contribution in [0.4, 0.5) is 9.80 Å². The number of ether oxygens (including phenoxy) is 1. The van der Waals surface area contributed by atoms with Gasteiger partial charge < -0.3 is 10.1 Å². The molecule has 0 bridgehead atoms. The van der Waals surface area contributed by atoms with Gasteiger partial charge >= 0.3 is 6.03 Å². The molecule has 6 heteroatoms. The first-order valence-corrected chi connectivity index (χ1v) is 7.76. The molecular weight excluding hydrogens is 286 g/mol. The number of anilines is 1. The summed E-state index contributed by atoms with van der Waals surface area (Å²) in [5.41, 5.74) is 1.92. The van der Waals surface area contributed by atoms with E-state index in [1.807, 2.05) is 36.4 Å². The Labute approximate surface area is 127 Å². The molecule has 2 N–H and O–H groups in total. The fourth-order valence-electron chi connectivity index (χ4n) is 2.27. The molecule has 2 aromatic rings. The van der Waals surface area contributed by atoms with Crippen LogP contribution in [-0.4, -0.2) is 29.7 Å². The lowest BCUT2D eigenvalue weighted by atomic mass is 10.1. The molecule has 5 nitrogen and oxygen atoms in total. The minimum absolute atomic E-state index is 0.0975. The maximum Gasteiger partial charge on any atom is 0.320 e. The van der Waals surface area contributed by atoms with Gasteiger partial charge in [0.25, 0.3) is 0 Å². The first kappa shape index (κ1) is 14.0. The van der Waals surface area contributed by atoms with Crippen LogP contribution in [0.1, 0.15) is 12.8 Å². The summed E-state index contributed by atoms with van der Waals surface area (Å²) in [6.45, 7) is 1.38. The number of carbonyl (C=O) groups excluding carboxylic acids is 1. The maximum atomic E-state index is 11.9. The Kier molecular flexibility index (Phi) is 4.47. The van der Waals surface area contributed by atoms with Gasteiger partial charge in [-0.3, -0.25) is 5.32 Å². The number of benzene rings is 1. The summed E-state index contributed by atoms with van der Waals surface area (Å²) in [6.07, 6.45) is 1.95. The molecule has 0 radical (unpaired) electrons. The Morgan fingerprint density at radius 2 is 2.19 bits per heavy atom. The van der Waals surface area contributed by atoms with E-state index < -0.39 is 0 Å². The standard InChI is InChI=1S/C15H17N3O2S/c19-15(16-12-7-4-8-20-10-12)17-14-9-13(18-21-14)11-5-2-1-3-6-11/h1-3,5-6,9,12H,4,7-8,10H2,(H2,16,17,19). The van der Waals surface area contributed by atoms with Crippen LogP contribution in [0.3, 0.4) is 0 Å². The van der Waals surface area contributed by atoms with E-state index in [9.17, 15) is 4.79 Å². The van der Waals surface area contributed by atoms with Crippen LogP contribution in [0.15, 0.2) is 36.4 Å². The minimum atomic E-state index is -0.200. The van der Waals surface area contributed by atoms with E-state index in [-0.39, 0.29) is 12.1 Å². The van der Waals surface area contributed by atoms with Crippen molar-refractivity contribution >= 4 is 22.6 Å². The fourth-order valence-corrected chi connectivity index (χ4v) is 2.92. The smallest absolute Gasteiger partial charge is 0.320 e. The summed E-state index contributed by atoms with van der Waals surface area (Å²) in [6, 6.07) is 11.7. The molecule has 0 saturated carbocycles. The number of amides is 2. The van der Waals surface area contributed by atoms with Crippen LogP contribution in [0.25, 0.3) is 11.3 Å². The second-order valence-corrected chi connectivity index (χ2v) is 5.76. The van der Waals surface area contributed by atoms with Gasteiger partial charge in [-0.1, -0.05) is 30.3 Å². The SMILES string of the molecule is O=C(Nc1cc(-c2ccccc2)ns1)NC1CCCOC1. The summed E-state index contributed by atoms with van der Waals surface area (Å²) in [5.74, 6) is 0.